The van der Waals surface area contributed by atoms with E-state index >= 15 is 0 Å². The molecule has 0 heterocycles. The minimum Gasteiger partial charge on any atom is -0.496 e. The van der Waals surface area contributed by atoms with Gasteiger partial charge in [-0.25, -0.2) is 0 Å². The van der Waals surface area contributed by atoms with Crippen molar-refractivity contribution in [2.24, 2.45) is 0 Å². The van der Waals surface area contributed by atoms with Crippen LogP contribution in [-0.2, 0) is 4.79 Å². The highest BCUT2D eigenvalue weighted by molar-refractivity contribution is 6.36. The van der Waals surface area contributed by atoms with Gasteiger partial charge in [-0.1, -0.05) is 23.2 Å². The number of methoxy groups -OCH3 is 1. The van der Waals surface area contributed by atoms with Gasteiger partial charge in [0, 0.05) is 5.02 Å². The maximum atomic E-state index is 10.4. The van der Waals surface area contributed by atoms with Gasteiger partial charge in [-0.15, -0.1) is 0 Å². The Labute approximate surface area is 80.0 Å². The van der Waals surface area contributed by atoms with E-state index < -0.39 is 0 Å². The number of ether oxygens (including phenoxy) is 1. The van der Waals surface area contributed by atoms with Crippen LogP contribution in [0.2, 0.25) is 10.0 Å². The fourth-order valence-corrected chi connectivity index (χ4v) is 1.32. The van der Waals surface area contributed by atoms with Crippen LogP contribution >= 0.6 is 23.2 Å². The Morgan fingerprint density at radius 2 is 2.08 bits per heavy atom. The first-order valence-corrected chi connectivity index (χ1v) is 3.86. The van der Waals surface area contributed by atoms with Crippen LogP contribution in [-0.4, -0.2) is 13.4 Å². The minimum absolute atomic E-state index is 0.198. The summed E-state index contributed by atoms with van der Waals surface area (Å²) in [6, 6.07) is 2.97. The van der Waals surface area contributed by atoms with Gasteiger partial charge in [0.15, 0.2) is 0 Å². The molecule has 1 radical (unpaired) electrons. The third-order valence-electron chi connectivity index (χ3n) is 1.34. The second kappa shape index (κ2) is 3.78. The average molecular weight is 204 g/mol. The molecule has 0 saturated carbocycles. The first-order valence-electron chi connectivity index (χ1n) is 3.10. The van der Waals surface area contributed by atoms with Crippen LogP contribution in [0.3, 0.4) is 0 Å². The Morgan fingerprint density at radius 3 is 2.58 bits per heavy atom. The number of halogens is 2. The Bertz CT molecular complexity index is 310. The molecule has 0 spiro atoms. The Hall–Kier alpha value is -0.730. The monoisotopic (exact) mass is 203 g/mol. The summed E-state index contributed by atoms with van der Waals surface area (Å²) < 4.78 is 4.87. The molecule has 1 aromatic carbocycles. The quantitative estimate of drug-likeness (QED) is 0.739. The summed E-state index contributed by atoms with van der Waals surface area (Å²) in [5, 5.41) is 0.671. The van der Waals surface area contributed by atoms with Crippen LogP contribution in [0.25, 0.3) is 0 Å². The van der Waals surface area contributed by atoms with E-state index in [0.29, 0.717) is 10.8 Å². The van der Waals surface area contributed by atoms with Crippen molar-refractivity contribution in [3.8, 4) is 5.75 Å². The van der Waals surface area contributed by atoms with Gasteiger partial charge < -0.3 is 4.74 Å². The number of benzene rings is 1. The molecule has 1 rings (SSSR count). The van der Waals surface area contributed by atoms with E-state index in [0.717, 1.165) is 0 Å². The van der Waals surface area contributed by atoms with Gasteiger partial charge in [0.1, 0.15) is 5.75 Å². The molecular formula is C8H5Cl2O2. The highest BCUT2D eigenvalue weighted by atomic mass is 35.5. The van der Waals surface area contributed by atoms with Crippen LogP contribution in [0.1, 0.15) is 5.56 Å². The van der Waals surface area contributed by atoms with Gasteiger partial charge in [-0.2, -0.15) is 0 Å². The van der Waals surface area contributed by atoms with Crippen molar-refractivity contribution >= 4 is 29.5 Å². The molecule has 0 aliphatic carbocycles. The molecule has 0 unspecified atom stereocenters. The molecule has 4 heteroatoms. The fourth-order valence-electron chi connectivity index (χ4n) is 0.810. The minimum atomic E-state index is 0.198. The van der Waals surface area contributed by atoms with Crippen molar-refractivity contribution in [3.05, 3.63) is 27.7 Å². The van der Waals surface area contributed by atoms with E-state index in [-0.39, 0.29) is 10.6 Å². The van der Waals surface area contributed by atoms with E-state index in [1.807, 2.05) is 0 Å². The molecule has 63 valence electrons. The fraction of sp³-hybridized carbons (Fsp3) is 0.125. The normalized spacial score (nSPS) is 9.58. The van der Waals surface area contributed by atoms with E-state index in [9.17, 15) is 4.79 Å². The standard InChI is InChI=1S/C8H5Cl2O2/c1-12-8-3-5(9)2-7(10)6(8)4-11/h2-3H,1H3. The maximum absolute atomic E-state index is 10.4. The molecule has 0 bridgehead atoms. The average Bonchev–Trinajstić information content (AvgIpc) is 2.03. The Kier molecular flexibility index (Phi) is 2.95. The van der Waals surface area contributed by atoms with E-state index in [1.165, 1.54) is 19.2 Å². The molecule has 12 heavy (non-hydrogen) atoms. The van der Waals surface area contributed by atoms with Gasteiger partial charge in [-0.3, -0.25) is 4.79 Å². The van der Waals surface area contributed by atoms with Crippen LogP contribution in [0.5, 0.6) is 5.75 Å². The second-order valence-electron chi connectivity index (χ2n) is 2.07. The highest BCUT2D eigenvalue weighted by Crippen LogP contribution is 2.28. The number of hydrogen-bond acceptors (Lipinski definition) is 2. The van der Waals surface area contributed by atoms with Crippen molar-refractivity contribution < 1.29 is 9.53 Å². The summed E-state index contributed by atoms with van der Waals surface area (Å²) in [7, 11) is 1.43. The lowest BCUT2D eigenvalue weighted by Crippen LogP contribution is -1.91. The molecule has 0 atom stereocenters. The summed E-state index contributed by atoms with van der Waals surface area (Å²) in [5.41, 5.74) is 0.198. The Balaban J connectivity index is 3.33. The zero-order chi connectivity index (χ0) is 9.14. The maximum Gasteiger partial charge on any atom is 0.238 e. The van der Waals surface area contributed by atoms with Crippen molar-refractivity contribution in [1.82, 2.24) is 0 Å². The summed E-state index contributed by atoms with van der Waals surface area (Å²) in [6.07, 6.45) is 1.68. The van der Waals surface area contributed by atoms with Gasteiger partial charge >= 0.3 is 0 Å². The molecule has 0 amide bonds. The molecule has 1 aromatic rings. The molecule has 0 aliphatic rings. The third-order valence-corrected chi connectivity index (χ3v) is 1.86. The lowest BCUT2D eigenvalue weighted by molar-refractivity contribution is 0.413. The summed E-state index contributed by atoms with van der Waals surface area (Å²) >= 11 is 11.4. The van der Waals surface area contributed by atoms with E-state index in [2.05, 4.69) is 0 Å². The molecule has 2 nitrogen and oxygen atoms in total. The zero-order valence-corrected chi connectivity index (χ0v) is 7.74. The highest BCUT2D eigenvalue weighted by Gasteiger charge is 2.08. The number of hydrogen-bond donors (Lipinski definition) is 0. The largest absolute Gasteiger partial charge is 0.496 e. The predicted molar refractivity (Wildman–Crippen MR) is 47.8 cm³/mol. The first kappa shape index (κ1) is 9.36. The van der Waals surface area contributed by atoms with Crippen LogP contribution in [0.15, 0.2) is 12.1 Å². The summed E-state index contributed by atoms with van der Waals surface area (Å²) in [4.78, 5) is 10.4. The third kappa shape index (κ3) is 1.71. The van der Waals surface area contributed by atoms with Crippen LogP contribution in [0.4, 0.5) is 0 Å². The molecule has 0 fully saturated rings. The predicted octanol–water partition coefficient (Wildman–Crippen LogP) is 2.46. The second-order valence-corrected chi connectivity index (χ2v) is 2.91. The summed E-state index contributed by atoms with van der Waals surface area (Å²) in [6.45, 7) is 0. The van der Waals surface area contributed by atoms with Crippen molar-refractivity contribution in [3.63, 3.8) is 0 Å². The first-order chi connectivity index (χ1) is 5.69. The number of carbonyl (C=O) groups excluding carboxylic acids is 1. The Morgan fingerprint density at radius 1 is 1.42 bits per heavy atom. The van der Waals surface area contributed by atoms with Crippen molar-refractivity contribution in [2.45, 2.75) is 0 Å². The van der Waals surface area contributed by atoms with Gasteiger partial charge in [0.25, 0.3) is 0 Å². The molecular weight excluding hydrogens is 199 g/mol. The summed E-state index contributed by atoms with van der Waals surface area (Å²) in [5.74, 6) is 0.336. The molecule has 0 N–H and O–H groups in total. The van der Waals surface area contributed by atoms with Crippen LogP contribution in [0, 0.1) is 0 Å². The van der Waals surface area contributed by atoms with Gasteiger partial charge in [0.05, 0.1) is 17.7 Å². The van der Waals surface area contributed by atoms with Gasteiger partial charge in [-0.05, 0) is 12.1 Å². The lowest BCUT2D eigenvalue weighted by atomic mass is 10.2. The van der Waals surface area contributed by atoms with Crippen molar-refractivity contribution in [1.29, 1.82) is 0 Å². The van der Waals surface area contributed by atoms with E-state index in [4.69, 9.17) is 27.9 Å². The molecule has 0 aliphatic heterocycles. The number of rotatable bonds is 2. The lowest BCUT2D eigenvalue weighted by Gasteiger charge is -2.04. The van der Waals surface area contributed by atoms with E-state index in [1.54, 1.807) is 6.29 Å². The zero-order valence-electron chi connectivity index (χ0n) is 6.23. The van der Waals surface area contributed by atoms with Crippen molar-refractivity contribution in [2.75, 3.05) is 7.11 Å². The van der Waals surface area contributed by atoms with Gasteiger partial charge in [0.2, 0.25) is 6.29 Å². The molecule has 0 saturated heterocycles. The molecule has 0 aromatic heterocycles. The SMILES string of the molecule is COc1cc(Cl)cc(Cl)c1[C]=O. The smallest absolute Gasteiger partial charge is 0.238 e. The van der Waals surface area contributed by atoms with Crippen LogP contribution < -0.4 is 4.74 Å². The topological polar surface area (TPSA) is 26.3 Å².